The van der Waals surface area contributed by atoms with Gasteiger partial charge in [-0.1, -0.05) is 30.3 Å². The molecule has 0 saturated carbocycles. The number of hydrogen-bond donors (Lipinski definition) is 2. The van der Waals surface area contributed by atoms with Gasteiger partial charge in [-0.05, 0) is 30.3 Å². The van der Waals surface area contributed by atoms with Crippen molar-refractivity contribution in [3.05, 3.63) is 95.1 Å². The van der Waals surface area contributed by atoms with Gasteiger partial charge in [0.1, 0.15) is 11.5 Å². The number of primary amides is 1. The molecule has 0 atom stereocenters. The second kappa shape index (κ2) is 7.57. The van der Waals surface area contributed by atoms with Gasteiger partial charge in [-0.15, -0.1) is 0 Å². The van der Waals surface area contributed by atoms with Crippen LogP contribution in [0, 0.1) is 5.82 Å². The van der Waals surface area contributed by atoms with E-state index in [1.54, 1.807) is 30.3 Å². The second-order valence-corrected chi connectivity index (χ2v) is 5.64. The Labute approximate surface area is 153 Å². The normalized spacial score (nSPS) is 10.3. The fourth-order valence-corrected chi connectivity index (χ4v) is 2.43. The van der Waals surface area contributed by atoms with E-state index < -0.39 is 23.4 Å². The summed E-state index contributed by atoms with van der Waals surface area (Å²) in [5, 5.41) is 2.53. The summed E-state index contributed by atoms with van der Waals surface area (Å²) in [7, 11) is 0. The molecule has 0 spiro atoms. The smallest absolute Gasteiger partial charge is 0.274 e. The molecule has 0 radical (unpaired) electrons. The number of nitrogens with two attached hydrogens (primary N) is 1. The number of anilines is 1. The number of pyridine rings is 1. The Morgan fingerprint density at radius 3 is 2.37 bits per heavy atom. The minimum atomic E-state index is -0.698. The molecule has 0 fully saturated rings. The number of ketones is 1. The van der Waals surface area contributed by atoms with Gasteiger partial charge in [-0.3, -0.25) is 19.4 Å². The predicted molar refractivity (Wildman–Crippen MR) is 97.0 cm³/mol. The van der Waals surface area contributed by atoms with E-state index in [0.29, 0.717) is 5.56 Å². The molecule has 2 aromatic carbocycles. The Morgan fingerprint density at radius 1 is 0.926 bits per heavy atom. The van der Waals surface area contributed by atoms with E-state index in [0.717, 1.165) is 6.07 Å². The van der Waals surface area contributed by atoms with Crippen molar-refractivity contribution in [2.24, 2.45) is 5.73 Å². The summed E-state index contributed by atoms with van der Waals surface area (Å²) in [5.41, 5.74) is 5.66. The zero-order valence-electron chi connectivity index (χ0n) is 14.0. The van der Waals surface area contributed by atoms with Crippen LogP contribution in [-0.2, 0) is 0 Å². The van der Waals surface area contributed by atoms with E-state index in [2.05, 4.69) is 10.3 Å². The van der Waals surface area contributed by atoms with E-state index in [4.69, 9.17) is 5.73 Å². The van der Waals surface area contributed by atoms with Gasteiger partial charge in [-0.2, -0.15) is 0 Å². The molecule has 3 aromatic rings. The fourth-order valence-electron chi connectivity index (χ4n) is 2.43. The minimum absolute atomic E-state index is 0.0356. The SMILES string of the molecule is NC(=O)c1ccnc(C(=O)Nc2ccc(F)c(C(=O)c3ccccc3)c2)c1. The third-order valence-electron chi connectivity index (χ3n) is 3.78. The van der Waals surface area contributed by atoms with Crippen molar-refractivity contribution in [3.8, 4) is 0 Å². The summed E-state index contributed by atoms with van der Waals surface area (Å²) in [6.45, 7) is 0. The highest BCUT2D eigenvalue weighted by Gasteiger charge is 2.16. The van der Waals surface area contributed by atoms with E-state index in [-0.39, 0.29) is 22.5 Å². The van der Waals surface area contributed by atoms with Crippen molar-refractivity contribution in [2.45, 2.75) is 0 Å². The van der Waals surface area contributed by atoms with Crippen LogP contribution in [0.1, 0.15) is 36.8 Å². The van der Waals surface area contributed by atoms with Crippen LogP contribution in [0.3, 0.4) is 0 Å². The van der Waals surface area contributed by atoms with Gasteiger partial charge in [0.25, 0.3) is 5.91 Å². The average Bonchev–Trinajstić information content (AvgIpc) is 2.69. The van der Waals surface area contributed by atoms with Crippen LogP contribution < -0.4 is 11.1 Å². The average molecular weight is 363 g/mol. The maximum Gasteiger partial charge on any atom is 0.274 e. The van der Waals surface area contributed by atoms with E-state index in [1.165, 1.54) is 30.5 Å². The highest BCUT2D eigenvalue weighted by Crippen LogP contribution is 2.19. The number of carbonyl (C=O) groups is 3. The molecule has 27 heavy (non-hydrogen) atoms. The first kappa shape index (κ1) is 17.9. The lowest BCUT2D eigenvalue weighted by Gasteiger charge is -2.08. The molecule has 0 unspecified atom stereocenters. The summed E-state index contributed by atoms with van der Waals surface area (Å²) in [5.74, 6) is -2.51. The lowest BCUT2D eigenvalue weighted by Crippen LogP contribution is -2.17. The van der Waals surface area contributed by atoms with Gasteiger partial charge in [0.2, 0.25) is 5.91 Å². The summed E-state index contributed by atoms with van der Waals surface area (Å²) in [6.07, 6.45) is 1.28. The number of amides is 2. The fraction of sp³-hybridized carbons (Fsp3) is 0. The molecule has 0 bridgehead atoms. The van der Waals surface area contributed by atoms with Gasteiger partial charge in [0.05, 0.1) is 5.56 Å². The monoisotopic (exact) mass is 363 g/mol. The number of nitrogens with one attached hydrogen (secondary N) is 1. The van der Waals surface area contributed by atoms with Crippen molar-refractivity contribution < 1.29 is 18.8 Å². The number of rotatable bonds is 5. The van der Waals surface area contributed by atoms with Gasteiger partial charge in [-0.25, -0.2) is 4.39 Å². The molecule has 1 heterocycles. The molecule has 0 aliphatic carbocycles. The summed E-state index contributed by atoms with van der Waals surface area (Å²) in [6, 6.07) is 14.6. The van der Waals surface area contributed by atoms with Crippen LogP contribution in [0.5, 0.6) is 0 Å². The first-order valence-electron chi connectivity index (χ1n) is 7.92. The van der Waals surface area contributed by atoms with E-state index in [1.807, 2.05) is 0 Å². The quantitative estimate of drug-likeness (QED) is 0.681. The van der Waals surface area contributed by atoms with Crippen LogP contribution in [0.4, 0.5) is 10.1 Å². The molecule has 134 valence electrons. The molecule has 3 N–H and O–H groups in total. The molecule has 1 aromatic heterocycles. The molecule has 0 aliphatic heterocycles. The molecular weight excluding hydrogens is 349 g/mol. The standard InChI is InChI=1S/C20H14FN3O3/c21-16-7-6-14(11-15(16)18(25)12-4-2-1-3-5-12)24-20(27)17-10-13(19(22)26)8-9-23-17/h1-11H,(H2,22,26)(H,24,27). The summed E-state index contributed by atoms with van der Waals surface area (Å²) >= 11 is 0. The van der Waals surface area contributed by atoms with Crippen molar-refractivity contribution in [3.63, 3.8) is 0 Å². The number of aromatic nitrogens is 1. The zero-order valence-corrected chi connectivity index (χ0v) is 14.0. The molecule has 0 aliphatic rings. The van der Waals surface area contributed by atoms with Crippen LogP contribution in [-0.4, -0.2) is 22.6 Å². The number of benzene rings is 2. The first-order chi connectivity index (χ1) is 13.0. The largest absolute Gasteiger partial charge is 0.366 e. The Hall–Kier alpha value is -3.87. The number of carbonyl (C=O) groups excluding carboxylic acids is 3. The maximum absolute atomic E-state index is 14.1. The summed E-state index contributed by atoms with van der Waals surface area (Å²) < 4.78 is 14.1. The Morgan fingerprint density at radius 2 is 1.67 bits per heavy atom. The molecule has 3 rings (SSSR count). The van der Waals surface area contributed by atoms with Crippen molar-refractivity contribution in [2.75, 3.05) is 5.32 Å². The third kappa shape index (κ3) is 4.04. The summed E-state index contributed by atoms with van der Waals surface area (Å²) in [4.78, 5) is 39.9. The first-order valence-corrected chi connectivity index (χ1v) is 7.92. The molecular formula is C20H14FN3O3. The van der Waals surface area contributed by atoms with Crippen LogP contribution in [0.25, 0.3) is 0 Å². The Balaban J connectivity index is 1.86. The van der Waals surface area contributed by atoms with Crippen LogP contribution in [0.15, 0.2) is 66.9 Å². The zero-order chi connectivity index (χ0) is 19.4. The molecule has 7 heteroatoms. The molecule has 6 nitrogen and oxygen atoms in total. The highest BCUT2D eigenvalue weighted by atomic mass is 19.1. The number of nitrogens with zero attached hydrogens (tertiary/aromatic N) is 1. The lowest BCUT2D eigenvalue weighted by molar-refractivity contribution is 0.0998. The minimum Gasteiger partial charge on any atom is -0.366 e. The Bertz CT molecular complexity index is 1040. The van der Waals surface area contributed by atoms with Crippen molar-refractivity contribution >= 4 is 23.3 Å². The molecule has 2 amide bonds. The third-order valence-corrected chi connectivity index (χ3v) is 3.78. The molecule has 0 saturated heterocycles. The topological polar surface area (TPSA) is 102 Å². The van der Waals surface area contributed by atoms with Crippen LogP contribution >= 0.6 is 0 Å². The maximum atomic E-state index is 14.1. The number of hydrogen-bond acceptors (Lipinski definition) is 4. The van der Waals surface area contributed by atoms with Gasteiger partial charge in [0.15, 0.2) is 5.78 Å². The van der Waals surface area contributed by atoms with E-state index >= 15 is 0 Å². The highest BCUT2D eigenvalue weighted by molar-refractivity contribution is 6.10. The lowest BCUT2D eigenvalue weighted by atomic mass is 10.0. The Kier molecular flexibility index (Phi) is 5.03. The van der Waals surface area contributed by atoms with E-state index in [9.17, 15) is 18.8 Å². The van der Waals surface area contributed by atoms with Gasteiger partial charge >= 0.3 is 0 Å². The van der Waals surface area contributed by atoms with Crippen LogP contribution in [0.2, 0.25) is 0 Å². The van der Waals surface area contributed by atoms with Gasteiger partial charge in [0, 0.05) is 23.0 Å². The number of halogens is 1. The van der Waals surface area contributed by atoms with Crippen molar-refractivity contribution in [1.29, 1.82) is 0 Å². The van der Waals surface area contributed by atoms with Crippen molar-refractivity contribution in [1.82, 2.24) is 4.98 Å². The second-order valence-electron chi connectivity index (χ2n) is 5.64. The van der Waals surface area contributed by atoms with Gasteiger partial charge < -0.3 is 11.1 Å². The predicted octanol–water partition coefficient (Wildman–Crippen LogP) is 2.80.